The molecule has 3 rings (SSSR count). The summed E-state index contributed by atoms with van der Waals surface area (Å²) in [5, 5.41) is 0. The smallest absolute Gasteiger partial charge is 0.0912 e. The molecule has 2 aromatic carbocycles. The van der Waals surface area contributed by atoms with Crippen molar-refractivity contribution in [2.24, 2.45) is 0 Å². The SMILES string of the molecule is ClC1(c2ccccc2)C=CC(c2ccccc2)=CC1. The normalized spacial score (nSPS) is 22.1. The molecule has 0 aromatic heterocycles. The fourth-order valence-electron chi connectivity index (χ4n) is 2.39. The van der Waals surface area contributed by atoms with Gasteiger partial charge in [-0.05, 0) is 23.1 Å². The van der Waals surface area contributed by atoms with E-state index in [-0.39, 0.29) is 0 Å². The number of alkyl halides is 1. The zero-order chi connectivity index (χ0) is 13.1. The summed E-state index contributed by atoms with van der Waals surface area (Å²) in [4.78, 5) is -0.403. The van der Waals surface area contributed by atoms with Crippen LogP contribution >= 0.6 is 11.6 Å². The molecule has 0 bridgehead atoms. The first kappa shape index (κ1) is 12.3. The van der Waals surface area contributed by atoms with Crippen LogP contribution in [0.25, 0.3) is 5.57 Å². The molecule has 1 aliphatic rings. The van der Waals surface area contributed by atoms with Gasteiger partial charge < -0.3 is 0 Å². The first-order valence-corrected chi connectivity index (χ1v) is 6.85. The zero-order valence-electron chi connectivity index (χ0n) is 10.6. The van der Waals surface area contributed by atoms with Gasteiger partial charge >= 0.3 is 0 Å². The third-order valence-electron chi connectivity index (χ3n) is 3.51. The molecular weight excluding hydrogens is 252 g/mol. The van der Waals surface area contributed by atoms with Crippen molar-refractivity contribution < 1.29 is 0 Å². The van der Waals surface area contributed by atoms with E-state index < -0.39 is 4.87 Å². The van der Waals surface area contributed by atoms with Crippen LogP contribution in [0.2, 0.25) is 0 Å². The Morgan fingerprint density at radius 1 is 0.842 bits per heavy atom. The zero-order valence-corrected chi connectivity index (χ0v) is 11.3. The summed E-state index contributed by atoms with van der Waals surface area (Å²) in [6.07, 6.45) is 7.26. The molecular formula is C18H15Cl. The predicted molar refractivity (Wildman–Crippen MR) is 82.1 cm³/mol. The number of halogens is 1. The molecule has 0 spiro atoms. The van der Waals surface area contributed by atoms with Crippen LogP contribution < -0.4 is 0 Å². The molecule has 1 unspecified atom stereocenters. The topological polar surface area (TPSA) is 0 Å². The van der Waals surface area contributed by atoms with Crippen LogP contribution in [0.5, 0.6) is 0 Å². The van der Waals surface area contributed by atoms with Gasteiger partial charge in [0.1, 0.15) is 0 Å². The Labute approximate surface area is 119 Å². The van der Waals surface area contributed by atoms with Gasteiger partial charge in [-0.3, -0.25) is 0 Å². The van der Waals surface area contributed by atoms with Crippen molar-refractivity contribution in [3.05, 3.63) is 90.0 Å². The lowest BCUT2D eigenvalue weighted by atomic mass is 9.87. The van der Waals surface area contributed by atoms with Crippen molar-refractivity contribution in [1.29, 1.82) is 0 Å². The summed E-state index contributed by atoms with van der Waals surface area (Å²) in [6, 6.07) is 20.6. The number of rotatable bonds is 2. The second-order valence-corrected chi connectivity index (χ2v) is 5.47. The van der Waals surface area contributed by atoms with Crippen molar-refractivity contribution in [1.82, 2.24) is 0 Å². The van der Waals surface area contributed by atoms with E-state index in [4.69, 9.17) is 11.6 Å². The molecule has 0 saturated carbocycles. The minimum absolute atomic E-state index is 0.403. The molecule has 1 aliphatic carbocycles. The van der Waals surface area contributed by atoms with E-state index >= 15 is 0 Å². The highest BCUT2D eigenvalue weighted by Gasteiger charge is 2.27. The van der Waals surface area contributed by atoms with Gasteiger partial charge in [0.25, 0.3) is 0 Å². The van der Waals surface area contributed by atoms with Gasteiger partial charge in [0.05, 0.1) is 4.87 Å². The van der Waals surface area contributed by atoms with Crippen LogP contribution in [0, 0.1) is 0 Å². The Morgan fingerprint density at radius 2 is 1.47 bits per heavy atom. The van der Waals surface area contributed by atoms with E-state index in [1.165, 1.54) is 11.1 Å². The summed E-state index contributed by atoms with van der Waals surface area (Å²) in [5.41, 5.74) is 3.63. The first-order chi connectivity index (χ1) is 9.28. The van der Waals surface area contributed by atoms with Gasteiger partial charge in [0, 0.05) is 0 Å². The van der Waals surface area contributed by atoms with Gasteiger partial charge in [-0.25, -0.2) is 0 Å². The predicted octanol–water partition coefficient (Wildman–Crippen LogP) is 5.16. The van der Waals surface area contributed by atoms with Crippen LogP contribution in [0.4, 0.5) is 0 Å². The Kier molecular flexibility index (Phi) is 3.27. The highest BCUT2D eigenvalue weighted by Crippen LogP contribution is 2.39. The maximum absolute atomic E-state index is 6.72. The summed E-state index contributed by atoms with van der Waals surface area (Å²) in [6.45, 7) is 0. The standard InChI is InChI=1S/C18H15Cl/c19-18(17-9-5-2-6-10-17)13-11-16(12-14-18)15-7-3-1-4-8-15/h1-13H,14H2. The van der Waals surface area contributed by atoms with Crippen molar-refractivity contribution >= 4 is 17.2 Å². The second kappa shape index (κ2) is 5.07. The fourth-order valence-corrected chi connectivity index (χ4v) is 2.66. The monoisotopic (exact) mass is 266 g/mol. The minimum atomic E-state index is -0.403. The van der Waals surface area contributed by atoms with Crippen molar-refractivity contribution in [2.75, 3.05) is 0 Å². The summed E-state index contributed by atoms with van der Waals surface area (Å²) >= 11 is 6.72. The Balaban J connectivity index is 1.87. The number of hydrogen-bond donors (Lipinski definition) is 0. The average molecular weight is 267 g/mol. The van der Waals surface area contributed by atoms with E-state index in [0.29, 0.717) is 0 Å². The lowest BCUT2D eigenvalue weighted by molar-refractivity contribution is 0.766. The van der Waals surface area contributed by atoms with Crippen molar-refractivity contribution in [2.45, 2.75) is 11.3 Å². The first-order valence-electron chi connectivity index (χ1n) is 6.47. The van der Waals surface area contributed by atoms with E-state index in [2.05, 4.69) is 54.6 Å². The minimum Gasteiger partial charge on any atom is -0.109 e. The summed E-state index contributed by atoms with van der Waals surface area (Å²) in [7, 11) is 0. The molecule has 0 fully saturated rings. The van der Waals surface area contributed by atoms with Gasteiger partial charge in [-0.2, -0.15) is 0 Å². The Morgan fingerprint density at radius 3 is 2.05 bits per heavy atom. The van der Waals surface area contributed by atoms with Crippen LogP contribution in [-0.4, -0.2) is 0 Å². The summed E-state index contributed by atoms with van der Waals surface area (Å²) < 4.78 is 0. The fraction of sp³-hybridized carbons (Fsp3) is 0.111. The van der Waals surface area contributed by atoms with E-state index in [1.54, 1.807) is 0 Å². The largest absolute Gasteiger partial charge is 0.109 e. The van der Waals surface area contributed by atoms with Crippen molar-refractivity contribution in [3.8, 4) is 0 Å². The van der Waals surface area contributed by atoms with Crippen LogP contribution in [0.3, 0.4) is 0 Å². The maximum atomic E-state index is 6.72. The van der Waals surface area contributed by atoms with E-state index in [9.17, 15) is 0 Å². The molecule has 0 saturated heterocycles. The van der Waals surface area contributed by atoms with Gasteiger partial charge in [-0.1, -0.05) is 78.9 Å². The Bertz CT molecular complexity index is 611. The van der Waals surface area contributed by atoms with E-state index in [1.807, 2.05) is 24.3 Å². The molecule has 0 aliphatic heterocycles. The maximum Gasteiger partial charge on any atom is 0.0912 e. The van der Waals surface area contributed by atoms with Gasteiger partial charge in [-0.15, -0.1) is 11.6 Å². The van der Waals surface area contributed by atoms with Crippen molar-refractivity contribution in [3.63, 3.8) is 0 Å². The molecule has 2 aromatic rings. The van der Waals surface area contributed by atoms with Crippen LogP contribution in [-0.2, 0) is 4.87 Å². The number of benzene rings is 2. The van der Waals surface area contributed by atoms with Gasteiger partial charge in [0.15, 0.2) is 0 Å². The molecule has 94 valence electrons. The molecule has 0 radical (unpaired) electrons. The summed E-state index contributed by atoms with van der Waals surface area (Å²) in [5.74, 6) is 0. The molecule has 1 atom stereocenters. The lowest BCUT2D eigenvalue weighted by Gasteiger charge is -2.26. The van der Waals surface area contributed by atoms with Gasteiger partial charge in [0.2, 0.25) is 0 Å². The lowest BCUT2D eigenvalue weighted by Crippen LogP contribution is -2.16. The quantitative estimate of drug-likeness (QED) is 0.658. The van der Waals surface area contributed by atoms with E-state index in [0.717, 1.165) is 12.0 Å². The number of allylic oxidation sites excluding steroid dienone is 4. The average Bonchev–Trinajstić information content (AvgIpc) is 2.50. The third-order valence-corrected chi connectivity index (χ3v) is 4.01. The highest BCUT2D eigenvalue weighted by atomic mass is 35.5. The molecule has 19 heavy (non-hydrogen) atoms. The molecule has 1 heteroatoms. The number of hydrogen-bond acceptors (Lipinski definition) is 0. The molecule has 0 nitrogen and oxygen atoms in total. The third kappa shape index (κ3) is 2.50. The van der Waals surface area contributed by atoms with Crippen LogP contribution in [0.1, 0.15) is 17.5 Å². The van der Waals surface area contributed by atoms with Crippen LogP contribution in [0.15, 0.2) is 78.9 Å². The molecule has 0 N–H and O–H groups in total. The Hall–Kier alpha value is -1.79. The second-order valence-electron chi connectivity index (χ2n) is 4.79. The highest BCUT2D eigenvalue weighted by molar-refractivity contribution is 6.25. The molecule has 0 heterocycles. The molecule has 0 amide bonds.